The molecular formula is C18H27NO2. The summed E-state index contributed by atoms with van der Waals surface area (Å²) in [5.74, 6) is 0.747. The Balaban J connectivity index is 2.98. The van der Waals surface area contributed by atoms with Crippen molar-refractivity contribution in [2.45, 2.75) is 53.9 Å². The smallest absolute Gasteiger partial charge is 0.231 e. The molecule has 3 nitrogen and oxygen atoms in total. The number of Topliss-reactive ketones (excluding diaryl/α,β-unsaturated/α-hetero) is 1. The molecule has 116 valence electrons. The zero-order valence-electron chi connectivity index (χ0n) is 13.8. The van der Waals surface area contributed by atoms with Gasteiger partial charge in [0.2, 0.25) is 5.91 Å². The maximum Gasteiger partial charge on any atom is 0.231 e. The first-order valence-corrected chi connectivity index (χ1v) is 7.69. The van der Waals surface area contributed by atoms with Crippen LogP contribution in [0.3, 0.4) is 0 Å². The van der Waals surface area contributed by atoms with Crippen molar-refractivity contribution in [3.63, 3.8) is 0 Å². The molecule has 0 aliphatic rings. The normalized spacial score (nSPS) is 11.0. The predicted molar refractivity (Wildman–Crippen MR) is 87.5 cm³/mol. The lowest BCUT2D eigenvalue weighted by atomic mass is 9.96. The lowest BCUT2D eigenvalue weighted by Crippen LogP contribution is -2.16. The maximum atomic E-state index is 11.9. The molecule has 0 spiro atoms. The Kier molecular flexibility index (Phi) is 6.60. The van der Waals surface area contributed by atoms with Crippen LogP contribution in [0, 0.1) is 11.8 Å². The molecule has 21 heavy (non-hydrogen) atoms. The summed E-state index contributed by atoms with van der Waals surface area (Å²) < 4.78 is 0. The van der Waals surface area contributed by atoms with Crippen LogP contribution in [0.4, 0.5) is 5.69 Å². The van der Waals surface area contributed by atoms with Crippen LogP contribution < -0.4 is 5.32 Å². The van der Waals surface area contributed by atoms with E-state index in [-0.39, 0.29) is 18.1 Å². The molecule has 0 aromatic heterocycles. The zero-order chi connectivity index (χ0) is 16.0. The topological polar surface area (TPSA) is 46.2 Å². The van der Waals surface area contributed by atoms with Crippen LogP contribution in [0.15, 0.2) is 18.2 Å². The summed E-state index contributed by atoms with van der Waals surface area (Å²) in [5, 5.41) is 2.90. The van der Waals surface area contributed by atoms with Crippen molar-refractivity contribution in [2.24, 2.45) is 11.8 Å². The minimum absolute atomic E-state index is 0.0600. The van der Waals surface area contributed by atoms with Gasteiger partial charge in [-0.15, -0.1) is 0 Å². The van der Waals surface area contributed by atoms with Gasteiger partial charge < -0.3 is 5.32 Å². The van der Waals surface area contributed by atoms with Crippen LogP contribution in [0.2, 0.25) is 0 Å². The second-order valence-corrected chi connectivity index (χ2v) is 6.61. The maximum absolute atomic E-state index is 11.9. The van der Waals surface area contributed by atoms with Gasteiger partial charge in [0.25, 0.3) is 0 Å². The molecule has 1 aromatic rings. The molecule has 0 saturated carbocycles. The Bertz CT molecular complexity index is 504. The molecule has 1 aromatic carbocycles. The Morgan fingerprint density at radius 2 is 1.67 bits per heavy atom. The van der Waals surface area contributed by atoms with Gasteiger partial charge >= 0.3 is 0 Å². The predicted octanol–water partition coefficient (Wildman–Crippen LogP) is 4.00. The second-order valence-electron chi connectivity index (χ2n) is 6.61. The highest BCUT2D eigenvalue weighted by atomic mass is 16.2. The van der Waals surface area contributed by atoms with Gasteiger partial charge in [0.05, 0.1) is 6.42 Å². The summed E-state index contributed by atoms with van der Waals surface area (Å²) in [7, 11) is 0. The van der Waals surface area contributed by atoms with E-state index in [0.29, 0.717) is 11.8 Å². The fraction of sp³-hybridized carbons (Fsp3) is 0.556. The van der Waals surface area contributed by atoms with Crippen molar-refractivity contribution in [3.05, 3.63) is 29.3 Å². The average Bonchev–Trinajstić information content (AvgIpc) is 2.30. The second kappa shape index (κ2) is 7.96. The number of carbonyl (C=O) groups excluding carboxylic acids is 2. The van der Waals surface area contributed by atoms with Crippen LogP contribution in [0.1, 0.15) is 52.2 Å². The van der Waals surface area contributed by atoms with Gasteiger partial charge in [-0.3, -0.25) is 9.59 Å². The van der Waals surface area contributed by atoms with Gasteiger partial charge in [-0.05, 0) is 48.8 Å². The first-order valence-electron chi connectivity index (χ1n) is 7.69. The van der Waals surface area contributed by atoms with Gasteiger partial charge in [-0.2, -0.15) is 0 Å². The molecule has 3 heteroatoms. The number of ketones is 1. The van der Waals surface area contributed by atoms with Gasteiger partial charge in [-0.25, -0.2) is 0 Å². The third kappa shape index (κ3) is 6.56. The fourth-order valence-corrected chi connectivity index (χ4v) is 2.38. The SMILES string of the molecule is CC(=O)CC(=O)Nc1cc(CC(C)C)ccc1CC(C)C. The molecule has 0 radical (unpaired) electrons. The van der Waals surface area contributed by atoms with E-state index >= 15 is 0 Å². The minimum atomic E-state index is -0.228. The minimum Gasteiger partial charge on any atom is -0.325 e. The van der Waals surface area contributed by atoms with Crippen molar-refractivity contribution in [1.29, 1.82) is 0 Å². The van der Waals surface area contributed by atoms with Gasteiger partial charge in [0.1, 0.15) is 5.78 Å². The monoisotopic (exact) mass is 289 g/mol. The molecule has 0 unspecified atom stereocenters. The highest BCUT2D eigenvalue weighted by molar-refractivity contribution is 6.03. The van der Waals surface area contributed by atoms with E-state index in [2.05, 4.69) is 51.2 Å². The number of anilines is 1. The molecule has 0 saturated heterocycles. The molecule has 0 bridgehead atoms. The van der Waals surface area contributed by atoms with Crippen molar-refractivity contribution >= 4 is 17.4 Å². The third-order valence-electron chi connectivity index (χ3n) is 3.13. The van der Waals surface area contributed by atoms with E-state index in [4.69, 9.17) is 0 Å². The van der Waals surface area contributed by atoms with Gasteiger partial charge in [0.15, 0.2) is 0 Å². The molecule has 0 fully saturated rings. The molecule has 0 aliphatic heterocycles. The third-order valence-corrected chi connectivity index (χ3v) is 3.13. The van der Waals surface area contributed by atoms with Crippen LogP contribution >= 0.6 is 0 Å². The van der Waals surface area contributed by atoms with Crippen molar-refractivity contribution in [1.82, 2.24) is 0 Å². The van der Waals surface area contributed by atoms with E-state index in [1.54, 1.807) is 0 Å². The lowest BCUT2D eigenvalue weighted by Gasteiger charge is -2.15. The van der Waals surface area contributed by atoms with Gasteiger partial charge in [-0.1, -0.05) is 39.8 Å². The summed E-state index contributed by atoms with van der Waals surface area (Å²) in [6.07, 6.45) is 1.84. The number of nitrogens with one attached hydrogen (secondary N) is 1. The largest absolute Gasteiger partial charge is 0.325 e. The lowest BCUT2D eigenvalue weighted by molar-refractivity contribution is -0.124. The number of hydrogen-bond donors (Lipinski definition) is 1. The molecular weight excluding hydrogens is 262 g/mol. The Morgan fingerprint density at radius 1 is 1.05 bits per heavy atom. The van der Waals surface area contributed by atoms with Crippen LogP contribution in [0.25, 0.3) is 0 Å². The number of amides is 1. The average molecular weight is 289 g/mol. The van der Waals surface area contributed by atoms with E-state index in [1.807, 2.05) is 0 Å². The summed E-state index contributed by atoms with van der Waals surface area (Å²) in [6.45, 7) is 10.1. The van der Waals surface area contributed by atoms with E-state index in [1.165, 1.54) is 12.5 Å². The van der Waals surface area contributed by atoms with Crippen molar-refractivity contribution in [2.75, 3.05) is 5.32 Å². The fourth-order valence-electron chi connectivity index (χ4n) is 2.38. The zero-order valence-corrected chi connectivity index (χ0v) is 13.8. The standard InChI is InChI=1S/C18H27NO2/c1-12(2)8-15-6-7-16(9-13(3)4)17(11-15)19-18(21)10-14(5)20/h6-7,11-13H,8-10H2,1-5H3,(H,19,21). The number of rotatable bonds is 7. The van der Waals surface area contributed by atoms with Gasteiger partial charge in [0, 0.05) is 5.69 Å². The summed E-state index contributed by atoms with van der Waals surface area (Å²) in [5.41, 5.74) is 3.21. The number of benzene rings is 1. The Labute approximate surface area is 128 Å². The van der Waals surface area contributed by atoms with Crippen LogP contribution in [-0.4, -0.2) is 11.7 Å². The molecule has 0 atom stereocenters. The van der Waals surface area contributed by atoms with E-state index < -0.39 is 0 Å². The number of carbonyl (C=O) groups is 2. The molecule has 1 rings (SSSR count). The quantitative estimate of drug-likeness (QED) is 0.771. The Hall–Kier alpha value is -1.64. The number of hydrogen-bond acceptors (Lipinski definition) is 2. The first kappa shape index (κ1) is 17.4. The van der Waals surface area contributed by atoms with E-state index in [9.17, 15) is 9.59 Å². The highest BCUT2D eigenvalue weighted by Gasteiger charge is 2.11. The molecule has 0 aliphatic carbocycles. The van der Waals surface area contributed by atoms with Crippen molar-refractivity contribution in [3.8, 4) is 0 Å². The highest BCUT2D eigenvalue weighted by Crippen LogP contribution is 2.23. The molecule has 1 N–H and O–H groups in total. The van der Waals surface area contributed by atoms with Crippen molar-refractivity contribution < 1.29 is 9.59 Å². The van der Waals surface area contributed by atoms with E-state index in [0.717, 1.165) is 24.1 Å². The first-order chi connectivity index (χ1) is 9.77. The Morgan fingerprint density at radius 3 is 2.19 bits per heavy atom. The summed E-state index contributed by atoms with van der Waals surface area (Å²) in [6, 6.07) is 6.29. The van der Waals surface area contributed by atoms with Crippen LogP contribution in [0.5, 0.6) is 0 Å². The summed E-state index contributed by atoms with van der Waals surface area (Å²) in [4.78, 5) is 22.9. The molecule has 0 heterocycles. The van der Waals surface area contributed by atoms with Crippen LogP contribution in [-0.2, 0) is 22.4 Å². The summed E-state index contributed by atoms with van der Waals surface area (Å²) >= 11 is 0. The molecule has 1 amide bonds.